The van der Waals surface area contributed by atoms with E-state index >= 15 is 0 Å². The number of nitrogens with zero attached hydrogens (tertiary/aromatic N) is 3. The van der Waals surface area contributed by atoms with Crippen molar-refractivity contribution in [2.75, 3.05) is 11.9 Å². The van der Waals surface area contributed by atoms with Crippen molar-refractivity contribution in [1.29, 1.82) is 0 Å². The van der Waals surface area contributed by atoms with Crippen molar-refractivity contribution >= 4 is 23.1 Å². The van der Waals surface area contributed by atoms with Crippen LogP contribution in [0.3, 0.4) is 0 Å². The average Bonchev–Trinajstić information content (AvgIpc) is 2.90. The molecule has 0 radical (unpaired) electrons. The summed E-state index contributed by atoms with van der Waals surface area (Å²) in [6.07, 6.45) is 1.10. The van der Waals surface area contributed by atoms with Crippen LogP contribution in [-0.4, -0.2) is 21.1 Å². The summed E-state index contributed by atoms with van der Waals surface area (Å²) in [5.74, 6) is 1.63. The Balaban J connectivity index is 2.21. The van der Waals surface area contributed by atoms with Gasteiger partial charge in [-0.3, -0.25) is 0 Å². The topological polar surface area (TPSA) is 42.2 Å². The number of fused-ring (bicyclic) bond motifs is 1. The fourth-order valence-corrected chi connectivity index (χ4v) is 3.33. The van der Waals surface area contributed by atoms with Crippen LogP contribution in [0.15, 0.2) is 30.3 Å². The second-order valence-electron chi connectivity index (χ2n) is 8.56. The van der Waals surface area contributed by atoms with Crippen molar-refractivity contribution < 1.29 is 0 Å². The van der Waals surface area contributed by atoms with E-state index in [1.165, 1.54) is 0 Å². The van der Waals surface area contributed by atoms with E-state index in [4.69, 9.17) is 21.7 Å². The molecule has 1 N–H and O–H groups in total. The maximum absolute atomic E-state index is 6.50. The number of hydrogen-bond acceptors (Lipinski definition) is 3. The molecule has 0 bridgehead atoms. The van der Waals surface area contributed by atoms with Gasteiger partial charge in [0.2, 0.25) is 0 Å². The van der Waals surface area contributed by atoms with Gasteiger partial charge in [-0.1, -0.05) is 64.4 Å². The lowest BCUT2D eigenvalue weighted by Gasteiger charge is -2.20. The lowest BCUT2D eigenvalue weighted by Crippen LogP contribution is -2.17. The lowest BCUT2D eigenvalue weighted by atomic mass is 9.92. The molecule has 1 aromatic carbocycles. The molecule has 0 spiro atoms. The number of anilines is 1. The van der Waals surface area contributed by atoms with Crippen LogP contribution in [0, 0.1) is 12.8 Å². The number of benzene rings is 1. The van der Waals surface area contributed by atoms with E-state index in [9.17, 15) is 0 Å². The van der Waals surface area contributed by atoms with Crippen LogP contribution in [-0.2, 0) is 5.41 Å². The van der Waals surface area contributed by atoms with Gasteiger partial charge in [-0.05, 0) is 25.3 Å². The largest absolute Gasteiger partial charge is 0.370 e. The minimum absolute atomic E-state index is 0.0633. The van der Waals surface area contributed by atoms with Crippen LogP contribution in [0.1, 0.15) is 52.4 Å². The van der Waals surface area contributed by atoms with Gasteiger partial charge in [0.1, 0.15) is 5.82 Å². The highest BCUT2D eigenvalue weighted by molar-refractivity contribution is 6.33. The number of halogens is 1. The Morgan fingerprint density at radius 1 is 1.19 bits per heavy atom. The zero-order valence-corrected chi connectivity index (χ0v) is 17.9. The molecule has 5 heteroatoms. The van der Waals surface area contributed by atoms with E-state index in [-0.39, 0.29) is 5.41 Å². The molecule has 0 aliphatic rings. The van der Waals surface area contributed by atoms with Crippen molar-refractivity contribution in [3.05, 3.63) is 46.7 Å². The first-order chi connectivity index (χ1) is 12.7. The Hall–Kier alpha value is -2.07. The van der Waals surface area contributed by atoms with Crippen molar-refractivity contribution in [2.24, 2.45) is 5.92 Å². The standard InChI is InChI=1S/C22H29ClN4/c1-14(2)11-12-24-19-13-18(22(4,5)6)25-21-20(15(3)26-27(19)21)16-9-7-8-10-17(16)23/h7-10,13-14,24H,11-12H2,1-6H3. The summed E-state index contributed by atoms with van der Waals surface area (Å²) in [5, 5.41) is 9.07. The molecular weight excluding hydrogens is 356 g/mol. The highest BCUT2D eigenvalue weighted by atomic mass is 35.5. The maximum Gasteiger partial charge on any atom is 0.165 e. The number of hydrogen-bond donors (Lipinski definition) is 1. The Bertz CT molecular complexity index is 951. The first-order valence-electron chi connectivity index (χ1n) is 9.58. The minimum Gasteiger partial charge on any atom is -0.370 e. The van der Waals surface area contributed by atoms with Crippen LogP contribution in [0.5, 0.6) is 0 Å². The van der Waals surface area contributed by atoms with E-state index in [1.807, 2.05) is 35.7 Å². The van der Waals surface area contributed by atoms with Crippen LogP contribution in [0.25, 0.3) is 16.8 Å². The SMILES string of the molecule is Cc1nn2c(NCCC(C)C)cc(C(C)(C)C)nc2c1-c1ccccc1Cl. The zero-order valence-electron chi connectivity index (χ0n) is 17.1. The van der Waals surface area contributed by atoms with Gasteiger partial charge in [-0.25, -0.2) is 4.98 Å². The number of aromatic nitrogens is 3. The molecule has 0 fully saturated rings. The van der Waals surface area contributed by atoms with Gasteiger partial charge in [0, 0.05) is 28.6 Å². The van der Waals surface area contributed by atoms with Gasteiger partial charge in [0.05, 0.1) is 17.0 Å². The summed E-state index contributed by atoms with van der Waals surface area (Å²) in [4.78, 5) is 4.99. The first-order valence-corrected chi connectivity index (χ1v) is 9.96. The third-order valence-electron chi connectivity index (χ3n) is 4.70. The molecular formula is C22H29ClN4. The second kappa shape index (κ2) is 7.51. The molecule has 3 rings (SSSR count). The second-order valence-corrected chi connectivity index (χ2v) is 8.97. The van der Waals surface area contributed by atoms with Gasteiger partial charge in [-0.15, -0.1) is 0 Å². The third-order valence-corrected chi connectivity index (χ3v) is 5.03. The van der Waals surface area contributed by atoms with E-state index < -0.39 is 0 Å². The summed E-state index contributed by atoms with van der Waals surface area (Å²) in [7, 11) is 0. The summed E-state index contributed by atoms with van der Waals surface area (Å²) in [5.41, 5.74) is 4.72. The molecule has 2 aromatic heterocycles. The summed E-state index contributed by atoms with van der Waals surface area (Å²) in [6.45, 7) is 13.9. The molecule has 144 valence electrons. The van der Waals surface area contributed by atoms with E-state index in [0.717, 1.165) is 46.9 Å². The fourth-order valence-electron chi connectivity index (χ4n) is 3.10. The molecule has 0 amide bonds. The maximum atomic E-state index is 6.50. The van der Waals surface area contributed by atoms with Crippen LogP contribution >= 0.6 is 11.6 Å². The molecule has 0 aliphatic carbocycles. The summed E-state index contributed by atoms with van der Waals surface area (Å²) >= 11 is 6.50. The molecule has 0 saturated heterocycles. The first kappa shape index (κ1) is 19.7. The summed E-state index contributed by atoms with van der Waals surface area (Å²) in [6, 6.07) is 10.0. The zero-order chi connectivity index (χ0) is 19.8. The fraction of sp³-hybridized carbons (Fsp3) is 0.455. The number of nitrogens with one attached hydrogen (secondary N) is 1. The molecule has 0 saturated carbocycles. The number of aryl methyl sites for hydroxylation is 1. The van der Waals surface area contributed by atoms with E-state index in [1.54, 1.807) is 0 Å². The normalized spacial score (nSPS) is 12.1. The predicted octanol–water partition coefficient (Wildman–Crippen LogP) is 6.11. The average molecular weight is 385 g/mol. The molecule has 4 nitrogen and oxygen atoms in total. The Morgan fingerprint density at radius 3 is 2.52 bits per heavy atom. The Labute approximate surface area is 167 Å². The lowest BCUT2D eigenvalue weighted by molar-refractivity contribution is 0.568. The molecule has 27 heavy (non-hydrogen) atoms. The van der Waals surface area contributed by atoms with E-state index in [2.05, 4.69) is 46.0 Å². The van der Waals surface area contributed by atoms with Gasteiger partial charge in [0.15, 0.2) is 5.65 Å². The minimum atomic E-state index is -0.0633. The monoisotopic (exact) mass is 384 g/mol. The quantitative estimate of drug-likeness (QED) is 0.576. The highest BCUT2D eigenvalue weighted by Gasteiger charge is 2.22. The Kier molecular flexibility index (Phi) is 5.48. The predicted molar refractivity (Wildman–Crippen MR) is 115 cm³/mol. The molecule has 0 atom stereocenters. The van der Waals surface area contributed by atoms with Crippen molar-refractivity contribution in [3.8, 4) is 11.1 Å². The molecule has 0 aliphatic heterocycles. The van der Waals surface area contributed by atoms with Gasteiger partial charge < -0.3 is 5.32 Å². The summed E-state index contributed by atoms with van der Waals surface area (Å²) < 4.78 is 1.92. The van der Waals surface area contributed by atoms with Gasteiger partial charge in [0.25, 0.3) is 0 Å². The van der Waals surface area contributed by atoms with Gasteiger partial charge >= 0.3 is 0 Å². The van der Waals surface area contributed by atoms with Crippen molar-refractivity contribution in [1.82, 2.24) is 14.6 Å². The van der Waals surface area contributed by atoms with Crippen LogP contribution < -0.4 is 5.32 Å². The van der Waals surface area contributed by atoms with Crippen LogP contribution in [0.2, 0.25) is 5.02 Å². The molecule has 2 heterocycles. The smallest absolute Gasteiger partial charge is 0.165 e. The highest BCUT2D eigenvalue weighted by Crippen LogP contribution is 2.35. The Morgan fingerprint density at radius 2 is 1.89 bits per heavy atom. The van der Waals surface area contributed by atoms with Crippen molar-refractivity contribution in [2.45, 2.75) is 53.4 Å². The molecule has 3 aromatic rings. The molecule has 0 unspecified atom stereocenters. The van der Waals surface area contributed by atoms with Crippen molar-refractivity contribution in [3.63, 3.8) is 0 Å². The number of rotatable bonds is 5. The van der Waals surface area contributed by atoms with Crippen LogP contribution in [0.4, 0.5) is 5.82 Å². The third kappa shape index (κ3) is 4.11. The van der Waals surface area contributed by atoms with E-state index in [0.29, 0.717) is 10.9 Å². The van der Waals surface area contributed by atoms with Gasteiger partial charge in [-0.2, -0.15) is 9.61 Å².